The van der Waals surface area contributed by atoms with Gasteiger partial charge in [-0.15, -0.1) is 0 Å². The highest BCUT2D eigenvalue weighted by Gasteiger charge is 2.28. The van der Waals surface area contributed by atoms with Crippen LogP contribution in [0.2, 0.25) is 0 Å². The van der Waals surface area contributed by atoms with Crippen LogP contribution in [0.4, 0.5) is 0 Å². The number of hydrogen-bond donors (Lipinski definition) is 1. The topological polar surface area (TPSA) is 76.1 Å². The molecule has 0 bridgehead atoms. The van der Waals surface area contributed by atoms with E-state index in [9.17, 15) is 9.59 Å². The number of rotatable bonds is 5. The van der Waals surface area contributed by atoms with E-state index in [-0.39, 0.29) is 18.6 Å². The quantitative estimate of drug-likeness (QED) is 0.894. The standard InChI is InChI=1S/C18H23NO5/c20-17(19-8-2-5-14(11-19)18(21)22)13-4-1-6-15(10-13)24-12-16-7-3-9-23-16/h1,4,6,10,14,16H,2-3,5,7-9,11-12H2,(H,21,22)/t14-,16-/m1/s1. The van der Waals surface area contributed by atoms with Gasteiger partial charge in [-0.1, -0.05) is 6.07 Å². The van der Waals surface area contributed by atoms with Crippen LogP contribution in [0, 0.1) is 5.92 Å². The Hall–Kier alpha value is -2.08. The van der Waals surface area contributed by atoms with Crippen LogP contribution >= 0.6 is 0 Å². The molecule has 6 heteroatoms. The zero-order valence-corrected chi connectivity index (χ0v) is 13.6. The summed E-state index contributed by atoms with van der Waals surface area (Å²) in [4.78, 5) is 25.4. The third-order valence-electron chi connectivity index (χ3n) is 4.60. The first-order chi connectivity index (χ1) is 11.6. The molecule has 0 spiro atoms. The maximum absolute atomic E-state index is 12.6. The molecule has 0 radical (unpaired) electrons. The maximum atomic E-state index is 12.6. The van der Waals surface area contributed by atoms with E-state index in [1.54, 1.807) is 23.1 Å². The Bertz CT molecular complexity index is 597. The van der Waals surface area contributed by atoms with Gasteiger partial charge in [-0.25, -0.2) is 0 Å². The number of carboxylic acids is 1. The van der Waals surface area contributed by atoms with Gasteiger partial charge in [0.25, 0.3) is 5.91 Å². The van der Waals surface area contributed by atoms with Gasteiger partial charge in [0, 0.05) is 25.3 Å². The fourth-order valence-corrected chi connectivity index (χ4v) is 3.23. The van der Waals surface area contributed by atoms with Crippen molar-refractivity contribution >= 4 is 11.9 Å². The van der Waals surface area contributed by atoms with Crippen molar-refractivity contribution in [3.63, 3.8) is 0 Å². The fourth-order valence-electron chi connectivity index (χ4n) is 3.23. The predicted octanol–water partition coefficient (Wildman–Crippen LogP) is 2.18. The summed E-state index contributed by atoms with van der Waals surface area (Å²) in [5, 5.41) is 9.16. The van der Waals surface area contributed by atoms with Crippen molar-refractivity contribution in [1.82, 2.24) is 4.90 Å². The van der Waals surface area contributed by atoms with Crippen molar-refractivity contribution in [3.05, 3.63) is 29.8 Å². The number of likely N-dealkylation sites (tertiary alicyclic amines) is 1. The second-order valence-electron chi connectivity index (χ2n) is 6.40. The Morgan fingerprint density at radius 1 is 1.29 bits per heavy atom. The van der Waals surface area contributed by atoms with Crippen molar-refractivity contribution in [3.8, 4) is 5.75 Å². The van der Waals surface area contributed by atoms with Gasteiger partial charge in [-0.2, -0.15) is 0 Å². The van der Waals surface area contributed by atoms with E-state index < -0.39 is 11.9 Å². The Morgan fingerprint density at radius 2 is 2.17 bits per heavy atom. The highest BCUT2D eigenvalue weighted by molar-refractivity contribution is 5.95. The minimum Gasteiger partial charge on any atom is -0.491 e. The molecule has 130 valence electrons. The molecular formula is C18H23NO5. The van der Waals surface area contributed by atoms with E-state index in [0.717, 1.165) is 25.9 Å². The highest BCUT2D eigenvalue weighted by Crippen LogP contribution is 2.21. The number of carboxylic acid groups (broad SMARTS) is 1. The number of carbonyl (C=O) groups is 2. The normalized spacial score (nSPS) is 23.9. The smallest absolute Gasteiger partial charge is 0.308 e. The van der Waals surface area contributed by atoms with Crippen LogP contribution in [-0.2, 0) is 9.53 Å². The third kappa shape index (κ3) is 4.06. The van der Waals surface area contributed by atoms with Gasteiger partial charge < -0.3 is 19.5 Å². The minimum atomic E-state index is -0.832. The van der Waals surface area contributed by atoms with E-state index in [2.05, 4.69) is 0 Å². The molecule has 24 heavy (non-hydrogen) atoms. The van der Waals surface area contributed by atoms with Crippen molar-refractivity contribution in [2.24, 2.45) is 5.92 Å². The molecule has 0 saturated carbocycles. The van der Waals surface area contributed by atoms with Crippen LogP contribution in [0.25, 0.3) is 0 Å². The molecule has 1 amide bonds. The molecule has 0 aliphatic carbocycles. The number of carbonyl (C=O) groups excluding carboxylic acids is 1. The van der Waals surface area contributed by atoms with Gasteiger partial charge in [0.15, 0.2) is 0 Å². The first kappa shape index (κ1) is 16.8. The lowest BCUT2D eigenvalue weighted by Crippen LogP contribution is -2.42. The van der Waals surface area contributed by atoms with Gasteiger partial charge in [-0.3, -0.25) is 9.59 Å². The zero-order valence-electron chi connectivity index (χ0n) is 13.6. The van der Waals surface area contributed by atoms with Crippen molar-refractivity contribution in [2.45, 2.75) is 31.8 Å². The Kier molecular flexibility index (Phi) is 5.35. The first-order valence-corrected chi connectivity index (χ1v) is 8.50. The summed E-state index contributed by atoms with van der Waals surface area (Å²) in [7, 11) is 0. The van der Waals surface area contributed by atoms with Gasteiger partial charge in [0.05, 0.1) is 12.0 Å². The molecule has 3 rings (SSSR count). The molecular weight excluding hydrogens is 310 g/mol. The molecule has 1 aromatic carbocycles. The molecule has 2 saturated heterocycles. The van der Waals surface area contributed by atoms with Crippen LogP contribution in [0.1, 0.15) is 36.0 Å². The van der Waals surface area contributed by atoms with E-state index in [1.807, 2.05) is 6.07 Å². The Labute approximate surface area is 141 Å². The number of hydrogen-bond acceptors (Lipinski definition) is 4. The fraction of sp³-hybridized carbons (Fsp3) is 0.556. The van der Waals surface area contributed by atoms with Crippen LogP contribution < -0.4 is 4.74 Å². The van der Waals surface area contributed by atoms with E-state index in [4.69, 9.17) is 14.6 Å². The summed E-state index contributed by atoms with van der Waals surface area (Å²) in [6, 6.07) is 7.08. The predicted molar refractivity (Wildman–Crippen MR) is 87.2 cm³/mol. The molecule has 2 heterocycles. The van der Waals surface area contributed by atoms with Gasteiger partial charge in [0.2, 0.25) is 0 Å². The summed E-state index contributed by atoms with van der Waals surface area (Å²) in [5.41, 5.74) is 0.533. The van der Waals surface area contributed by atoms with Crippen molar-refractivity contribution in [1.29, 1.82) is 0 Å². The Balaban J connectivity index is 1.61. The van der Waals surface area contributed by atoms with E-state index >= 15 is 0 Å². The minimum absolute atomic E-state index is 0.128. The van der Waals surface area contributed by atoms with Gasteiger partial charge in [-0.05, 0) is 43.9 Å². The number of ether oxygens (including phenoxy) is 2. The summed E-state index contributed by atoms with van der Waals surface area (Å²) in [6.07, 6.45) is 3.54. The average molecular weight is 333 g/mol. The molecule has 0 aromatic heterocycles. The van der Waals surface area contributed by atoms with Crippen molar-refractivity contribution < 1.29 is 24.2 Å². The zero-order chi connectivity index (χ0) is 16.9. The first-order valence-electron chi connectivity index (χ1n) is 8.50. The SMILES string of the molecule is O=C(O)[C@@H]1CCCN(C(=O)c2cccc(OC[C@H]3CCCO3)c2)C1. The van der Waals surface area contributed by atoms with Crippen LogP contribution in [-0.4, -0.2) is 54.3 Å². The average Bonchev–Trinajstić information content (AvgIpc) is 3.13. The second-order valence-corrected chi connectivity index (χ2v) is 6.40. The molecule has 1 N–H and O–H groups in total. The number of benzene rings is 1. The third-order valence-corrected chi connectivity index (χ3v) is 4.60. The lowest BCUT2D eigenvalue weighted by Gasteiger charge is -2.30. The molecule has 2 atom stereocenters. The summed E-state index contributed by atoms with van der Waals surface area (Å²) in [5.74, 6) is -0.797. The van der Waals surface area contributed by atoms with E-state index in [1.165, 1.54) is 0 Å². The Morgan fingerprint density at radius 3 is 2.92 bits per heavy atom. The number of nitrogens with zero attached hydrogens (tertiary/aromatic N) is 1. The summed E-state index contributed by atoms with van der Waals surface area (Å²) >= 11 is 0. The molecule has 6 nitrogen and oxygen atoms in total. The van der Waals surface area contributed by atoms with E-state index in [0.29, 0.717) is 30.9 Å². The summed E-state index contributed by atoms with van der Waals surface area (Å²) in [6.45, 7) is 2.15. The molecule has 1 aromatic rings. The lowest BCUT2D eigenvalue weighted by molar-refractivity contribution is -0.143. The molecule has 2 fully saturated rings. The van der Waals surface area contributed by atoms with Crippen LogP contribution in [0.5, 0.6) is 5.75 Å². The largest absolute Gasteiger partial charge is 0.491 e. The maximum Gasteiger partial charge on any atom is 0.308 e. The van der Waals surface area contributed by atoms with Gasteiger partial charge in [0.1, 0.15) is 12.4 Å². The summed E-state index contributed by atoms with van der Waals surface area (Å²) < 4.78 is 11.3. The lowest BCUT2D eigenvalue weighted by atomic mass is 9.97. The van der Waals surface area contributed by atoms with Crippen LogP contribution in [0.3, 0.4) is 0 Å². The van der Waals surface area contributed by atoms with Crippen LogP contribution in [0.15, 0.2) is 24.3 Å². The van der Waals surface area contributed by atoms with Crippen molar-refractivity contribution in [2.75, 3.05) is 26.3 Å². The van der Waals surface area contributed by atoms with Gasteiger partial charge >= 0.3 is 5.97 Å². The monoisotopic (exact) mass is 333 g/mol. The number of piperidine rings is 1. The highest BCUT2D eigenvalue weighted by atomic mass is 16.5. The molecule has 0 unspecified atom stereocenters. The molecule has 2 aliphatic heterocycles. The second kappa shape index (κ2) is 7.66. The molecule has 2 aliphatic rings. The number of aliphatic carboxylic acids is 1. The number of amides is 1.